The summed E-state index contributed by atoms with van der Waals surface area (Å²) in [7, 11) is 0. The summed E-state index contributed by atoms with van der Waals surface area (Å²) in [6.07, 6.45) is 0. The van der Waals surface area contributed by atoms with Crippen LogP contribution in [0.3, 0.4) is 0 Å². The fraction of sp³-hybridized carbons (Fsp3) is 0.200. The number of aryl methyl sites for hydroxylation is 1. The molecule has 28 heavy (non-hydrogen) atoms. The molecule has 0 aromatic heterocycles. The van der Waals surface area contributed by atoms with Crippen molar-refractivity contribution in [2.24, 2.45) is 0 Å². The van der Waals surface area contributed by atoms with E-state index in [2.05, 4.69) is 5.32 Å². The molecule has 8 heteroatoms. The van der Waals surface area contributed by atoms with Gasteiger partial charge >= 0.3 is 17.9 Å². The Balaban J connectivity index is 2.23. The Kier molecular flexibility index (Phi) is 6.49. The predicted molar refractivity (Wildman–Crippen MR) is 99.5 cm³/mol. The van der Waals surface area contributed by atoms with Crippen molar-refractivity contribution >= 4 is 29.5 Å². The highest BCUT2D eigenvalue weighted by molar-refractivity contribution is 6.05. The van der Waals surface area contributed by atoms with E-state index in [4.69, 9.17) is 14.2 Å². The average molecular weight is 385 g/mol. The number of esters is 3. The normalized spacial score (nSPS) is 10.0. The lowest BCUT2D eigenvalue weighted by Gasteiger charge is -2.12. The van der Waals surface area contributed by atoms with Crippen molar-refractivity contribution in [3.05, 3.63) is 47.5 Å². The molecule has 0 saturated heterocycles. The van der Waals surface area contributed by atoms with Gasteiger partial charge in [-0.05, 0) is 48.9 Å². The lowest BCUT2D eigenvalue weighted by atomic mass is 10.1. The number of nitrogens with one attached hydrogen (secondary N) is 1. The molecule has 0 radical (unpaired) electrons. The topological polar surface area (TPSA) is 108 Å². The Morgan fingerprint density at radius 2 is 1.25 bits per heavy atom. The standard InChI is InChI=1S/C20H19NO7/c1-11-9-16(6-8-17(11)26-12(2)22)21-20(25)15-5-7-18(27-13(3)23)19(10-15)28-14(4)24/h5-10H,1-4H3,(H,21,25). The minimum Gasteiger partial charge on any atom is -0.426 e. The zero-order chi connectivity index (χ0) is 20.8. The number of rotatable bonds is 5. The predicted octanol–water partition coefficient (Wildman–Crippen LogP) is 3.02. The molecule has 0 fully saturated rings. The summed E-state index contributed by atoms with van der Waals surface area (Å²) < 4.78 is 15.0. The van der Waals surface area contributed by atoms with Crippen LogP contribution in [0, 0.1) is 6.92 Å². The number of benzene rings is 2. The van der Waals surface area contributed by atoms with Gasteiger partial charge in [0.25, 0.3) is 5.91 Å². The van der Waals surface area contributed by atoms with Crippen molar-refractivity contribution in [1.82, 2.24) is 0 Å². The van der Waals surface area contributed by atoms with E-state index in [-0.39, 0.29) is 17.1 Å². The van der Waals surface area contributed by atoms with Gasteiger partial charge < -0.3 is 19.5 Å². The molecule has 2 aromatic rings. The van der Waals surface area contributed by atoms with Crippen LogP contribution < -0.4 is 19.5 Å². The molecule has 0 aliphatic rings. The van der Waals surface area contributed by atoms with E-state index < -0.39 is 23.8 Å². The summed E-state index contributed by atoms with van der Waals surface area (Å²) in [5, 5.41) is 2.69. The van der Waals surface area contributed by atoms with E-state index >= 15 is 0 Å². The van der Waals surface area contributed by atoms with Crippen LogP contribution in [-0.2, 0) is 14.4 Å². The minimum absolute atomic E-state index is 0.0285. The quantitative estimate of drug-likeness (QED) is 0.622. The first-order valence-electron chi connectivity index (χ1n) is 8.27. The molecule has 0 saturated carbocycles. The summed E-state index contributed by atoms with van der Waals surface area (Å²) >= 11 is 0. The smallest absolute Gasteiger partial charge is 0.308 e. The molecule has 2 rings (SSSR count). The van der Waals surface area contributed by atoms with Crippen molar-refractivity contribution in [2.75, 3.05) is 5.32 Å². The maximum atomic E-state index is 12.5. The van der Waals surface area contributed by atoms with Crippen LogP contribution in [0.15, 0.2) is 36.4 Å². The van der Waals surface area contributed by atoms with Crippen LogP contribution >= 0.6 is 0 Å². The van der Waals surface area contributed by atoms with Crippen LogP contribution in [0.25, 0.3) is 0 Å². The zero-order valence-corrected chi connectivity index (χ0v) is 15.8. The van der Waals surface area contributed by atoms with Crippen molar-refractivity contribution < 1.29 is 33.4 Å². The van der Waals surface area contributed by atoms with E-state index in [1.807, 2.05) is 0 Å². The maximum absolute atomic E-state index is 12.5. The molecule has 0 bridgehead atoms. The van der Waals surface area contributed by atoms with Gasteiger partial charge in [-0.25, -0.2) is 0 Å². The van der Waals surface area contributed by atoms with Gasteiger partial charge in [0.1, 0.15) is 5.75 Å². The van der Waals surface area contributed by atoms with E-state index in [1.165, 1.54) is 39.0 Å². The summed E-state index contributed by atoms with van der Waals surface area (Å²) in [4.78, 5) is 46.0. The number of carbonyl (C=O) groups excluding carboxylic acids is 4. The van der Waals surface area contributed by atoms with Gasteiger partial charge in [-0.3, -0.25) is 19.2 Å². The van der Waals surface area contributed by atoms with E-state index in [0.717, 1.165) is 0 Å². The molecule has 1 amide bonds. The molecule has 8 nitrogen and oxygen atoms in total. The van der Waals surface area contributed by atoms with E-state index in [9.17, 15) is 19.2 Å². The number of carbonyl (C=O) groups is 4. The Morgan fingerprint density at radius 1 is 0.714 bits per heavy atom. The third-order valence-electron chi connectivity index (χ3n) is 3.40. The van der Waals surface area contributed by atoms with Crippen LogP contribution in [0.1, 0.15) is 36.7 Å². The van der Waals surface area contributed by atoms with Gasteiger partial charge in [-0.2, -0.15) is 0 Å². The average Bonchev–Trinajstić information content (AvgIpc) is 2.57. The van der Waals surface area contributed by atoms with Gasteiger partial charge in [0.2, 0.25) is 0 Å². The lowest BCUT2D eigenvalue weighted by Crippen LogP contribution is -2.14. The monoisotopic (exact) mass is 385 g/mol. The third-order valence-corrected chi connectivity index (χ3v) is 3.40. The largest absolute Gasteiger partial charge is 0.426 e. The second-order valence-electron chi connectivity index (χ2n) is 5.88. The fourth-order valence-electron chi connectivity index (χ4n) is 2.32. The SMILES string of the molecule is CC(=O)Oc1ccc(NC(=O)c2ccc(OC(C)=O)c(OC(C)=O)c2)cc1C. The second kappa shape index (κ2) is 8.81. The lowest BCUT2D eigenvalue weighted by molar-refractivity contribution is -0.134. The number of ether oxygens (including phenoxy) is 3. The number of amides is 1. The Labute approximate surface area is 161 Å². The number of hydrogen-bond donors (Lipinski definition) is 1. The summed E-state index contributed by atoms with van der Waals surface area (Å²) in [6.45, 7) is 5.44. The van der Waals surface area contributed by atoms with Gasteiger partial charge in [0.05, 0.1) is 0 Å². The molecule has 0 spiro atoms. The van der Waals surface area contributed by atoms with Crippen LogP contribution in [0.4, 0.5) is 5.69 Å². The maximum Gasteiger partial charge on any atom is 0.308 e. The Bertz CT molecular complexity index is 950. The molecule has 0 aliphatic carbocycles. The number of hydrogen-bond acceptors (Lipinski definition) is 7. The highest BCUT2D eigenvalue weighted by atomic mass is 16.6. The molecule has 0 atom stereocenters. The van der Waals surface area contributed by atoms with E-state index in [0.29, 0.717) is 17.0 Å². The molecule has 0 aliphatic heterocycles. The zero-order valence-electron chi connectivity index (χ0n) is 15.8. The molecule has 2 aromatic carbocycles. The molecular formula is C20H19NO7. The van der Waals surface area contributed by atoms with Crippen molar-refractivity contribution in [3.63, 3.8) is 0 Å². The van der Waals surface area contributed by atoms with Crippen molar-refractivity contribution in [1.29, 1.82) is 0 Å². The van der Waals surface area contributed by atoms with Crippen molar-refractivity contribution in [2.45, 2.75) is 27.7 Å². The minimum atomic E-state index is -0.623. The fourth-order valence-corrected chi connectivity index (χ4v) is 2.32. The molecule has 1 N–H and O–H groups in total. The van der Waals surface area contributed by atoms with Crippen LogP contribution in [-0.4, -0.2) is 23.8 Å². The first kappa shape index (κ1) is 20.6. The highest BCUT2D eigenvalue weighted by Gasteiger charge is 2.15. The summed E-state index contributed by atoms with van der Waals surface area (Å²) in [5.41, 5.74) is 1.34. The van der Waals surface area contributed by atoms with Crippen LogP contribution in [0.5, 0.6) is 17.2 Å². The van der Waals surface area contributed by atoms with Gasteiger partial charge in [-0.1, -0.05) is 0 Å². The van der Waals surface area contributed by atoms with Gasteiger partial charge in [0, 0.05) is 32.0 Å². The first-order valence-corrected chi connectivity index (χ1v) is 8.27. The highest BCUT2D eigenvalue weighted by Crippen LogP contribution is 2.29. The molecule has 0 heterocycles. The van der Waals surface area contributed by atoms with E-state index in [1.54, 1.807) is 25.1 Å². The van der Waals surface area contributed by atoms with Crippen LogP contribution in [0.2, 0.25) is 0 Å². The van der Waals surface area contributed by atoms with Gasteiger partial charge in [0.15, 0.2) is 11.5 Å². The summed E-state index contributed by atoms with van der Waals surface area (Å²) in [5.74, 6) is -1.74. The Hall–Kier alpha value is -3.68. The molecule has 0 unspecified atom stereocenters. The Morgan fingerprint density at radius 3 is 1.82 bits per heavy atom. The first-order chi connectivity index (χ1) is 13.2. The molecular weight excluding hydrogens is 366 g/mol. The number of anilines is 1. The third kappa shape index (κ3) is 5.66. The second-order valence-corrected chi connectivity index (χ2v) is 5.88. The van der Waals surface area contributed by atoms with Crippen molar-refractivity contribution in [3.8, 4) is 17.2 Å². The summed E-state index contributed by atoms with van der Waals surface area (Å²) in [6, 6.07) is 8.90. The molecule has 146 valence electrons. The van der Waals surface area contributed by atoms with Gasteiger partial charge in [-0.15, -0.1) is 0 Å².